The summed E-state index contributed by atoms with van der Waals surface area (Å²) in [5.74, 6) is 0.818. The summed E-state index contributed by atoms with van der Waals surface area (Å²) < 4.78 is 16.9. The summed E-state index contributed by atoms with van der Waals surface area (Å²) in [6, 6.07) is 15.6. The first-order chi connectivity index (χ1) is 20.9. The largest absolute Gasteiger partial charge is 0.486 e. The molecule has 3 aromatic rings. The van der Waals surface area contributed by atoms with Gasteiger partial charge in [0, 0.05) is 12.2 Å². The van der Waals surface area contributed by atoms with Crippen molar-refractivity contribution in [2.24, 2.45) is 0 Å². The first-order valence-electron chi connectivity index (χ1n) is 16.4. The van der Waals surface area contributed by atoms with E-state index in [2.05, 4.69) is 73.2 Å². The van der Waals surface area contributed by atoms with Crippen LogP contribution in [0.3, 0.4) is 0 Å². The molecule has 2 atom stereocenters. The molecule has 6 nitrogen and oxygen atoms in total. The number of hydrogen-bond donors (Lipinski definition) is 0. The molecular formula is C37H52N2O4. The fraction of sp³-hybridized carbons (Fsp3) is 0.541. The predicted octanol–water partition coefficient (Wildman–Crippen LogP) is 9.18. The van der Waals surface area contributed by atoms with Crippen LogP contribution in [0.4, 0.5) is 0 Å². The number of carbonyl (C=O) groups excluding carboxylic acids is 1. The van der Waals surface area contributed by atoms with Crippen molar-refractivity contribution in [1.82, 2.24) is 9.97 Å². The van der Waals surface area contributed by atoms with Crippen molar-refractivity contribution in [3.63, 3.8) is 0 Å². The summed E-state index contributed by atoms with van der Waals surface area (Å²) in [6.07, 6.45) is 15.1. The zero-order valence-electron chi connectivity index (χ0n) is 27.1. The summed E-state index contributed by atoms with van der Waals surface area (Å²) in [6.45, 7) is 10.9. The molecule has 0 N–H and O–H groups in total. The lowest BCUT2D eigenvalue weighted by Gasteiger charge is -2.17. The van der Waals surface area contributed by atoms with Gasteiger partial charge in [0.15, 0.2) is 17.7 Å². The predicted molar refractivity (Wildman–Crippen MR) is 175 cm³/mol. The van der Waals surface area contributed by atoms with Crippen LogP contribution in [0, 0.1) is 0 Å². The number of carbonyl (C=O) groups is 1. The Balaban J connectivity index is 1.54. The number of aryl methyl sites for hydroxylation is 2. The highest BCUT2D eigenvalue weighted by Crippen LogP contribution is 2.29. The molecule has 43 heavy (non-hydrogen) atoms. The summed E-state index contributed by atoms with van der Waals surface area (Å²) >= 11 is 0. The van der Waals surface area contributed by atoms with Crippen LogP contribution in [0.2, 0.25) is 0 Å². The first-order valence-corrected chi connectivity index (χ1v) is 16.4. The molecule has 234 valence electrons. The van der Waals surface area contributed by atoms with Crippen molar-refractivity contribution < 1.29 is 19.0 Å². The van der Waals surface area contributed by atoms with Crippen molar-refractivity contribution >= 4 is 5.97 Å². The topological polar surface area (TPSA) is 70.5 Å². The quantitative estimate of drug-likeness (QED) is 0.0968. The summed E-state index contributed by atoms with van der Waals surface area (Å²) in [5, 5.41) is 0. The Bertz CT molecular complexity index is 1210. The second-order valence-electron chi connectivity index (χ2n) is 11.5. The van der Waals surface area contributed by atoms with Gasteiger partial charge in [-0.25, -0.2) is 14.8 Å². The van der Waals surface area contributed by atoms with Gasteiger partial charge in [0.1, 0.15) is 12.7 Å². The molecule has 3 rings (SSSR count). The Hall–Kier alpha value is -3.25. The van der Waals surface area contributed by atoms with Crippen LogP contribution in [0.1, 0.15) is 104 Å². The average Bonchev–Trinajstić information content (AvgIpc) is 3.02. The molecule has 0 spiro atoms. The molecule has 1 unspecified atom stereocenters. The van der Waals surface area contributed by atoms with Gasteiger partial charge < -0.3 is 14.2 Å². The molecule has 0 radical (unpaired) electrons. The standard InChI is InChI=1S/C37H52N2O4/c1-6-9-11-13-16-30-17-19-31(20-18-30)35-22-21-33(24-32(35)15-8-3)36-38-25-34(26-39-36)42-27-28(4)43-37(40)29(5)41-23-14-12-10-7-2/h17-22,24-26,28-29H,6-16,23,27H2,1-5H3/t28-,29?/m0/s1. The summed E-state index contributed by atoms with van der Waals surface area (Å²) in [5.41, 5.74) is 6.21. The molecule has 1 aromatic heterocycles. The monoisotopic (exact) mass is 588 g/mol. The Labute approximate surface area is 259 Å². The third kappa shape index (κ3) is 11.7. The minimum atomic E-state index is -0.588. The molecule has 0 bridgehead atoms. The molecule has 1 heterocycles. The Morgan fingerprint density at radius 1 is 0.767 bits per heavy atom. The van der Waals surface area contributed by atoms with E-state index in [1.54, 1.807) is 26.2 Å². The van der Waals surface area contributed by atoms with Crippen LogP contribution in [0.15, 0.2) is 54.9 Å². The third-order valence-corrected chi connectivity index (χ3v) is 7.59. The van der Waals surface area contributed by atoms with E-state index in [4.69, 9.17) is 14.2 Å². The van der Waals surface area contributed by atoms with Gasteiger partial charge in [0.25, 0.3) is 0 Å². The van der Waals surface area contributed by atoms with Crippen molar-refractivity contribution in [1.29, 1.82) is 0 Å². The van der Waals surface area contributed by atoms with Gasteiger partial charge in [-0.15, -0.1) is 0 Å². The van der Waals surface area contributed by atoms with Crippen molar-refractivity contribution in [2.45, 2.75) is 117 Å². The van der Waals surface area contributed by atoms with E-state index >= 15 is 0 Å². The molecule has 0 aliphatic carbocycles. The molecule has 0 amide bonds. The maximum atomic E-state index is 12.3. The zero-order chi connectivity index (χ0) is 30.9. The highest BCUT2D eigenvalue weighted by molar-refractivity contribution is 5.74. The lowest BCUT2D eigenvalue weighted by Crippen LogP contribution is -2.30. The maximum Gasteiger partial charge on any atom is 0.335 e. The van der Waals surface area contributed by atoms with E-state index in [9.17, 15) is 4.79 Å². The molecule has 0 aliphatic heterocycles. The van der Waals surface area contributed by atoms with Crippen molar-refractivity contribution in [3.8, 4) is 28.3 Å². The Morgan fingerprint density at radius 3 is 2.12 bits per heavy atom. The van der Waals surface area contributed by atoms with E-state index in [1.807, 2.05) is 0 Å². The van der Waals surface area contributed by atoms with E-state index in [0.717, 1.165) is 37.7 Å². The molecule has 0 saturated heterocycles. The number of ether oxygens (including phenoxy) is 3. The van der Waals surface area contributed by atoms with Crippen LogP contribution in [0.25, 0.3) is 22.5 Å². The molecule has 0 aliphatic rings. The van der Waals surface area contributed by atoms with Gasteiger partial charge in [-0.3, -0.25) is 0 Å². The van der Waals surface area contributed by atoms with Gasteiger partial charge in [0.05, 0.1) is 12.4 Å². The van der Waals surface area contributed by atoms with Crippen molar-refractivity contribution in [2.75, 3.05) is 13.2 Å². The minimum Gasteiger partial charge on any atom is -0.486 e. The number of unbranched alkanes of at least 4 members (excludes halogenated alkanes) is 6. The highest BCUT2D eigenvalue weighted by Gasteiger charge is 2.18. The Kier molecular flexibility index (Phi) is 15.2. The van der Waals surface area contributed by atoms with Gasteiger partial charge in [-0.05, 0) is 67.9 Å². The number of nitrogens with zero attached hydrogens (tertiary/aromatic N) is 2. The van der Waals surface area contributed by atoms with Gasteiger partial charge in [-0.1, -0.05) is 102 Å². The molecule has 0 fully saturated rings. The third-order valence-electron chi connectivity index (χ3n) is 7.59. The number of rotatable bonds is 20. The molecule has 2 aromatic carbocycles. The number of esters is 1. The van der Waals surface area contributed by atoms with Crippen LogP contribution in [0.5, 0.6) is 5.75 Å². The van der Waals surface area contributed by atoms with Crippen LogP contribution in [-0.2, 0) is 27.1 Å². The summed E-state index contributed by atoms with van der Waals surface area (Å²) in [7, 11) is 0. The number of benzene rings is 2. The average molecular weight is 589 g/mol. The van der Waals surface area contributed by atoms with E-state index in [1.165, 1.54) is 60.8 Å². The van der Waals surface area contributed by atoms with Crippen molar-refractivity contribution in [3.05, 3.63) is 66.0 Å². The lowest BCUT2D eigenvalue weighted by molar-refractivity contribution is -0.162. The fourth-order valence-corrected chi connectivity index (χ4v) is 5.04. The molecule has 0 saturated carbocycles. The number of aromatic nitrogens is 2. The van der Waals surface area contributed by atoms with Crippen LogP contribution in [-0.4, -0.2) is 41.4 Å². The normalized spacial score (nSPS) is 12.6. The lowest BCUT2D eigenvalue weighted by atomic mass is 9.93. The Morgan fingerprint density at radius 2 is 1.44 bits per heavy atom. The SMILES string of the molecule is CCCCCCOC(C)C(=O)O[C@@H](C)COc1cnc(-c2ccc(-c3ccc(CCCCCC)cc3)c(CCC)c2)nc1. The second-order valence-corrected chi connectivity index (χ2v) is 11.5. The molecule has 6 heteroatoms. The maximum absolute atomic E-state index is 12.3. The van der Waals surface area contributed by atoms with Crippen LogP contribution < -0.4 is 4.74 Å². The van der Waals surface area contributed by atoms with E-state index < -0.39 is 12.2 Å². The van der Waals surface area contributed by atoms with E-state index in [0.29, 0.717) is 18.2 Å². The minimum absolute atomic E-state index is 0.213. The van der Waals surface area contributed by atoms with Crippen LogP contribution >= 0.6 is 0 Å². The number of hydrogen-bond acceptors (Lipinski definition) is 6. The van der Waals surface area contributed by atoms with Gasteiger partial charge in [-0.2, -0.15) is 0 Å². The fourth-order valence-electron chi connectivity index (χ4n) is 5.04. The smallest absolute Gasteiger partial charge is 0.335 e. The zero-order valence-corrected chi connectivity index (χ0v) is 27.1. The second kappa shape index (κ2) is 19.1. The highest BCUT2D eigenvalue weighted by atomic mass is 16.6. The van der Waals surface area contributed by atoms with Gasteiger partial charge in [0.2, 0.25) is 0 Å². The van der Waals surface area contributed by atoms with Gasteiger partial charge >= 0.3 is 5.97 Å². The van der Waals surface area contributed by atoms with E-state index in [-0.39, 0.29) is 12.6 Å². The molecular weight excluding hydrogens is 536 g/mol. The summed E-state index contributed by atoms with van der Waals surface area (Å²) in [4.78, 5) is 21.4. The first kappa shape index (κ1) is 34.2.